The summed E-state index contributed by atoms with van der Waals surface area (Å²) < 4.78 is 5.46. The maximum Gasteiger partial charge on any atom is 0.317 e. The number of rotatable bonds is 4. The van der Waals surface area contributed by atoms with Crippen molar-refractivity contribution in [3.8, 4) is 0 Å². The summed E-state index contributed by atoms with van der Waals surface area (Å²) in [5.41, 5.74) is 1.07. The average Bonchev–Trinajstić information content (AvgIpc) is 2.48. The number of methoxy groups -OCH3 is 1. The Labute approximate surface area is 120 Å². The molecule has 1 aromatic heterocycles. The lowest BCUT2D eigenvalue weighted by Gasteiger charge is -2.32. The summed E-state index contributed by atoms with van der Waals surface area (Å²) >= 11 is 0. The van der Waals surface area contributed by atoms with Gasteiger partial charge < -0.3 is 15.0 Å². The van der Waals surface area contributed by atoms with Crippen LogP contribution >= 0.6 is 0 Å². The van der Waals surface area contributed by atoms with Crippen LogP contribution in [0.2, 0.25) is 0 Å². The molecule has 20 heavy (non-hydrogen) atoms. The normalized spacial score (nSPS) is 22.3. The molecule has 1 aliphatic rings. The van der Waals surface area contributed by atoms with Crippen molar-refractivity contribution in [1.82, 2.24) is 15.2 Å². The summed E-state index contributed by atoms with van der Waals surface area (Å²) in [7, 11) is 3.52. The van der Waals surface area contributed by atoms with Gasteiger partial charge in [-0.2, -0.15) is 0 Å². The Morgan fingerprint density at radius 1 is 1.40 bits per heavy atom. The standard InChI is InChI=1S/C15H23N3O2/c1-18(11-12-7-9-16-10-8-12)15(19)17-13-5-3-4-6-14(13)20-2/h7-10,13-14H,3-6,11H2,1-2H3,(H,17,19)/t13-,14-/m0/s1. The van der Waals surface area contributed by atoms with Gasteiger partial charge in [0.2, 0.25) is 0 Å². The van der Waals surface area contributed by atoms with E-state index < -0.39 is 0 Å². The SMILES string of the molecule is CO[C@H]1CCCC[C@@H]1NC(=O)N(C)Cc1ccncc1. The predicted octanol–water partition coefficient (Wildman–Crippen LogP) is 2.18. The number of nitrogens with zero attached hydrogens (tertiary/aromatic N) is 2. The lowest BCUT2D eigenvalue weighted by atomic mass is 9.92. The van der Waals surface area contributed by atoms with Crippen LogP contribution in [0.15, 0.2) is 24.5 Å². The molecule has 1 aliphatic carbocycles. The highest BCUT2D eigenvalue weighted by atomic mass is 16.5. The van der Waals surface area contributed by atoms with E-state index >= 15 is 0 Å². The first-order chi connectivity index (χ1) is 9.70. The third-order valence-electron chi connectivity index (χ3n) is 3.83. The van der Waals surface area contributed by atoms with Crippen molar-refractivity contribution in [1.29, 1.82) is 0 Å². The molecule has 1 N–H and O–H groups in total. The van der Waals surface area contributed by atoms with Crippen LogP contribution in [0, 0.1) is 0 Å². The highest BCUT2D eigenvalue weighted by molar-refractivity contribution is 5.74. The van der Waals surface area contributed by atoms with E-state index in [2.05, 4.69) is 10.3 Å². The van der Waals surface area contributed by atoms with Crippen molar-refractivity contribution in [3.05, 3.63) is 30.1 Å². The van der Waals surface area contributed by atoms with Crippen LogP contribution in [0.1, 0.15) is 31.2 Å². The van der Waals surface area contributed by atoms with Crippen LogP contribution in [0.25, 0.3) is 0 Å². The zero-order chi connectivity index (χ0) is 14.4. The molecule has 1 fully saturated rings. The van der Waals surface area contributed by atoms with E-state index in [-0.39, 0.29) is 18.2 Å². The van der Waals surface area contributed by atoms with Crippen molar-refractivity contribution in [2.45, 2.75) is 44.4 Å². The van der Waals surface area contributed by atoms with Crippen LogP contribution in [0.3, 0.4) is 0 Å². The molecule has 0 aliphatic heterocycles. The Kier molecular flexibility index (Phi) is 5.35. The van der Waals surface area contributed by atoms with Gasteiger partial charge in [0.15, 0.2) is 0 Å². The van der Waals surface area contributed by atoms with Gasteiger partial charge in [0.1, 0.15) is 0 Å². The minimum atomic E-state index is -0.0456. The van der Waals surface area contributed by atoms with E-state index in [0.29, 0.717) is 6.54 Å². The highest BCUT2D eigenvalue weighted by Gasteiger charge is 2.27. The van der Waals surface area contributed by atoms with Crippen LogP contribution < -0.4 is 5.32 Å². The van der Waals surface area contributed by atoms with Gasteiger partial charge in [0.25, 0.3) is 0 Å². The number of carbonyl (C=O) groups is 1. The summed E-state index contributed by atoms with van der Waals surface area (Å²) in [6, 6.07) is 3.92. The van der Waals surface area contributed by atoms with E-state index in [0.717, 1.165) is 24.8 Å². The number of pyridine rings is 1. The summed E-state index contributed by atoms with van der Waals surface area (Å²) in [4.78, 5) is 17.9. The molecule has 0 bridgehead atoms. The summed E-state index contributed by atoms with van der Waals surface area (Å²) in [6.45, 7) is 0.582. The molecule has 1 aromatic rings. The Morgan fingerprint density at radius 2 is 2.10 bits per heavy atom. The van der Waals surface area contributed by atoms with Gasteiger partial charge in [-0.1, -0.05) is 12.8 Å². The van der Waals surface area contributed by atoms with E-state index in [1.165, 1.54) is 6.42 Å². The van der Waals surface area contributed by atoms with Crippen molar-refractivity contribution in [2.24, 2.45) is 0 Å². The van der Waals surface area contributed by atoms with E-state index in [9.17, 15) is 4.79 Å². The van der Waals surface area contributed by atoms with Crippen molar-refractivity contribution in [3.63, 3.8) is 0 Å². The third-order valence-corrected chi connectivity index (χ3v) is 3.83. The Morgan fingerprint density at radius 3 is 2.80 bits per heavy atom. The van der Waals surface area contributed by atoms with E-state index in [1.807, 2.05) is 12.1 Å². The zero-order valence-electron chi connectivity index (χ0n) is 12.2. The number of nitrogens with one attached hydrogen (secondary N) is 1. The number of hydrogen-bond acceptors (Lipinski definition) is 3. The van der Waals surface area contributed by atoms with Gasteiger partial charge in [0, 0.05) is 33.1 Å². The fourth-order valence-corrected chi connectivity index (χ4v) is 2.65. The third kappa shape index (κ3) is 3.93. The number of aromatic nitrogens is 1. The maximum absolute atomic E-state index is 12.2. The first-order valence-corrected chi connectivity index (χ1v) is 7.14. The maximum atomic E-state index is 12.2. The molecule has 110 valence electrons. The molecule has 0 saturated heterocycles. The lowest BCUT2D eigenvalue weighted by Crippen LogP contribution is -2.49. The summed E-state index contributed by atoms with van der Waals surface area (Å²) in [5.74, 6) is 0. The van der Waals surface area contributed by atoms with Gasteiger partial charge in [-0.15, -0.1) is 0 Å². The lowest BCUT2D eigenvalue weighted by molar-refractivity contribution is 0.0434. The topological polar surface area (TPSA) is 54.5 Å². The van der Waals surface area contributed by atoms with Gasteiger partial charge >= 0.3 is 6.03 Å². The minimum Gasteiger partial charge on any atom is -0.379 e. The fraction of sp³-hybridized carbons (Fsp3) is 0.600. The molecular weight excluding hydrogens is 254 g/mol. The molecular formula is C15H23N3O2. The summed E-state index contributed by atoms with van der Waals surface area (Å²) in [5, 5.41) is 3.09. The molecule has 0 aromatic carbocycles. The van der Waals surface area contributed by atoms with Crippen molar-refractivity contribution in [2.75, 3.05) is 14.2 Å². The summed E-state index contributed by atoms with van der Waals surface area (Å²) in [6.07, 6.45) is 7.97. The number of urea groups is 1. The molecule has 1 saturated carbocycles. The van der Waals surface area contributed by atoms with Gasteiger partial charge in [-0.05, 0) is 30.5 Å². The van der Waals surface area contributed by atoms with Crippen LogP contribution in [0.4, 0.5) is 4.79 Å². The molecule has 2 atom stereocenters. The predicted molar refractivity (Wildman–Crippen MR) is 77.3 cm³/mol. The van der Waals surface area contributed by atoms with E-state index in [4.69, 9.17) is 4.74 Å². The second kappa shape index (κ2) is 7.24. The zero-order valence-corrected chi connectivity index (χ0v) is 12.2. The first kappa shape index (κ1) is 14.8. The smallest absolute Gasteiger partial charge is 0.317 e. The van der Waals surface area contributed by atoms with Gasteiger partial charge in [0.05, 0.1) is 12.1 Å². The number of amides is 2. The molecule has 5 nitrogen and oxygen atoms in total. The fourth-order valence-electron chi connectivity index (χ4n) is 2.65. The molecule has 5 heteroatoms. The second-order valence-electron chi connectivity index (χ2n) is 5.33. The molecule has 0 unspecified atom stereocenters. The van der Waals surface area contributed by atoms with Gasteiger partial charge in [-0.25, -0.2) is 4.79 Å². The molecule has 1 heterocycles. The average molecular weight is 277 g/mol. The minimum absolute atomic E-state index is 0.0456. The van der Waals surface area contributed by atoms with Gasteiger partial charge in [-0.3, -0.25) is 4.98 Å². The second-order valence-corrected chi connectivity index (χ2v) is 5.33. The number of hydrogen-bond donors (Lipinski definition) is 1. The monoisotopic (exact) mass is 277 g/mol. The highest BCUT2D eigenvalue weighted by Crippen LogP contribution is 2.21. The first-order valence-electron chi connectivity index (χ1n) is 7.14. The Bertz CT molecular complexity index is 424. The molecule has 2 rings (SSSR count). The Hall–Kier alpha value is -1.62. The quantitative estimate of drug-likeness (QED) is 0.917. The Balaban J connectivity index is 1.87. The van der Waals surface area contributed by atoms with Crippen LogP contribution in [0.5, 0.6) is 0 Å². The van der Waals surface area contributed by atoms with E-state index in [1.54, 1.807) is 31.5 Å². The van der Waals surface area contributed by atoms with Crippen molar-refractivity contribution < 1.29 is 9.53 Å². The molecule has 2 amide bonds. The van der Waals surface area contributed by atoms with Crippen LogP contribution in [-0.4, -0.2) is 42.2 Å². The largest absolute Gasteiger partial charge is 0.379 e. The molecule has 0 radical (unpaired) electrons. The number of ether oxygens (including phenoxy) is 1. The van der Waals surface area contributed by atoms with Crippen molar-refractivity contribution >= 4 is 6.03 Å². The number of carbonyl (C=O) groups excluding carboxylic acids is 1. The molecule has 0 spiro atoms. The van der Waals surface area contributed by atoms with Crippen LogP contribution in [-0.2, 0) is 11.3 Å².